The van der Waals surface area contributed by atoms with Gasteiger partial charge in [-0.05, 0) is 30.9 Å². The first-order chi connectivity index (χ1) is 9.04. The zero-order valence-corrected chi connectivity index (χ0v) is 11.9. The van der Waals surface area contributed by atoms with Crippen molar-refractivity contribution in [1.29, 1.82) is 0 Å². The Labute approximate surface area is 114 Å². The monoisotopic (exact) mass is 256 g/mol. The third kappa shape index (κ3) is 2.57. The first kappa shape index (κ1) is 13.5. The van der Waals surface area contributed by atoms with E-state index < -0.39 is 0 Å². The molecule has 0 amide bonds. The fraction of sp³-hybridized carbons (Fsp3) is 0.400. The molecule has 2 aromatic heterocycles. The molecule has 2 N–H and O–H groups in total. The van der Waals surface area contributed by atoms with Crippen molar-refractivity contribution in [3.8, 4) is 11.4 Å². The quantitative estimate of drug-likeness (QED) is 0.916. The van der Waals surface area contributed by atoms with Crippen molar-refractivity contribution in [1.82, 2.24) is 15.0 Å². The molecule has 0 bridgehead atoms. The van der Waals surface area contributed by atoms with Crippen molar-refractivity contribution in [3.63, 3.8) is 0 Å². The number of aromatic nitrogens is 3. The van der Waals surface area contributed by atoms with E-state index in [1.165, 1.54) is 0 Å². The Kier molecular flexibility index (Phi) is 3.79. The first-order valence-electron chi connectivity index (χ1n) is 6.61. The summed E-state index contributed by atoms with van der Waals surface area (Å²) in [6.45, 7) is 8.29. The molecule has 0 radical (unpaired) electrons. The molecule has 0 aliphatic heterocycles. The van der Waals surface area contributed by atoms with Crippen LogP contribution in [0.2, 0.25) is 0 Å². The summed E-state index contributed by atoms with van der Waals surface area (Å²) in [7, 11) is 0. The third-order valence-electron chi connectivity index (χ3n) is 3.27. The second-order valence-corrected chi connectivity index (χ2v) is 4.97. The largest absolute Gasteiger partial charge is 0.383 e. The van der Waals surface area contributed by atoms with Crippen LogP contribution < -0.4 is 5.73 Å². The van der Waals surface area contributed by atoms with Gasteiger partial charge < -0.3 is 5.73 Å². The molecule has 0 saturated carbocycles. The van der Waals surface area contributed by atoms with Gasteiger partial charge in [-0.1, -0.05) is 20.8 Å². The number of nitrogens with zero attached hydrogens (tertiary/aromatic N) is 3. The van der Waals surface area contributed by atoms with Gasteiger partial charge in [0.2, 0.25) is 0 Å². The van der Waals surface area contributed by atoms with E-state index in [1.54, 1.807) is 6.20 Å². The van der Waals surface area contributed by atoms with Gasteiger partial charge in [0.05, 0.1) is 0 Å². The van der Waals surface area contributed by atoms with E-state index in [1.807, 2.05) is 19.2 Å². The summed E-state index contributed by atoms with van der Waals surface area (Å²) in [6.07, 6.45) is 4.53. The number of nitrogens with two attached hydrogens (primary N) is 1. The van der Waals surface area contributed by atoms with Crippen LogP contribution >= 0.6 is 0 Å². The van der Waals surface area contributed by atoms with E-state index >= 15 is 0 Å². The van der Waals surface area contributed by atoms with Crippen LogP contribution in [0, 0.1) is 6.92 Å². The van der Waals surface area contributed by atoms with Gasteiger partial charge in [0.25, 0.3) is 0 Å². The Morgan fingerprint density at radius 1 is 1.26 bits per heavy atom. The van der Waals surface area contributed by atoms with Crippen LogP contribution in [-0.2, 0) is 6.42 Å². The lowest BCUT2D eigenvalue weighted by Crippen LogP contribution is -2.07. The summed E-state index contributed by atoms with van der Waals surface area (Å²) in [6, 6.07) is 1.95. The Balaban J connectivity index is 2.59. The molecule has 0 spiro atoms. The number of rotatable bonds is 3. The van der Waals surface area contributed by atoms with Crippen LogP contribution in [-0.4, -0.2) is 15.0 Å². The van der Waals surface area contributed by atoms with Crippen LogP contribution in [0.25, 0.3) is 11.4 Å². The van der Waals surface area contributed by atoms with E-state index in [0.29, 0.717) is 17.6 Å². The summed E-state index contributed by atoms with van der Waals surface area (Å²) in [5.41, 5.74) is 10.2. The highest BCUT2D eigenvalue weighted by Crippen LogP contribution is 2.27. The summed E-state index contributed by atoms with van der Waals surface area (Å²) >= 11 is 0. The van der Waals surface area contributed by atoms with E-state index in [4.69, 9.17) is 5.73 Å². The zero-order chi connectivity index (χ0) is 14.0. The predicted molar refractivity (Wildman–Crippen MR) is 77.9 cm³/mol. The molecule has 100 valence electrons. The third-order valence-corrected chi connectivity index (χ3v) is 3.27. The van der Waals surface area contributed by atoms with E-state index in [0.717, 1.165) is 28.8 Å². The van der Waals surface area contributed by atoms with E-state index in [9.17, 15) is 0 Å². The van der Waals surface area contributed by atoms with Gasteiger partial charge >= 0.3 is 0 Å². The molecule has 0 aliphatic carbocycles. The van der Waals surface area contributed by atoms with Gasteiger partial charge in [0.15, 0.2) is 5.82 Å². The van der Waals surface area contributed by atoms with Gasteiger partial charge in [-0.2, -0.15) is 0 Å². The number of nitrogen functional groups attached to an aromatic ring is 1. The lowest BCUT2D eigenvalue weighted by molar-refractivity contribution is 0.836. The lowest BCUT2D eigenvalue weighted by atomic mass is 10.0. The molecule has 4 nitrogen and oxygen atoms in total. The number of pyridine rings is 1. The molecule has 0 atom stereocenters. The van der Waals surface area contributed by atoms with Gasteiger partial charge in [0, 0.05) is 29.2 Å². The highest BCUT2D eigenvalue weighted by atomic mass is 15.0. The molecular formula is C15H20N4. The van der Waals surface area contributed by atoms with Gasteiger partial charge in [-0.15, -0.1) is 0 Å². The van der Waals surface area contributed by atoms with Crippen molar-refractivity contribution in [2.24, 2.45) is 0 Å². The summed E-state index contributed by atoms with van der Waals surface area (Å²) in [5, 5.41) is 0. The molecule has 2 heterocycles. The van der Waals surface area contributed by atoms with Crippen molar-refractivity contribution in [2.75, 3.05) is 5.73 Å². The van der Waals surface area contributed by atoms with Crippen LogP contribution in [0.5, 0.6) is 0 Å². The average molecular weight is 256 g/mol. The maximum atomic E-state index is 6.09. The highest BCUT2D eigenvalue weighted by Gasteiger charge is 2.14. The maximum absolute atomic E-state index is 6.09. The van der Waals surface area contributed by atoms with Crippen LogP contribution in [0.3, 0.4) is 0 Å². The normalized spacial score (nSPS) is 11.0. The van der Waals surface area contributed by atoms with Gasteiger partial charge in [-0.25, -0.2) is 9.97 Å². The summed E-state index contributed by atoms with van der Waals surface area (Å²) in [4.78, 5) is 13.2. The minimum atomic E-state index is 0.331. The molecule has 4 heteroatoms. The molecule has 19 heavy (non-hydrogen) atoms. The maximum Gasteiger partial charge on any atom is 0.162 e. The number of anilines is 1. The van der Waals surface area contributed by atoms with Crippen molar-refractivity contribution in [2.45, 2.75) is 40.0 Å². The van der Waals surface area contributed by atoms with Gasteiger partial charge in [0.1, 0.15) is 5.82 Å². The Bertz CT molecular complexity index is 567. The van der Waals surface area contributed by atoms with Crippen molar-refractivity contribution >= 4 is 5.82 Å². The fourth-order valence-electron chi connectivity index (χ4n) is 2.36. The summed E-state index contributed by atoms with van der Waals surface area (Å²) < 4.78 is 0. The van der Waals surface area contributed by atoms with Crippen molar-refractivity contribution in [3.05, 3.63) is 35.3 Å². The van der Waals surface area contributed by atoms with Crippen LogP contribution in [0.1, 0.15) is 43.5 Å². The molecule has 0 aromatic carbocycles. The predicted octanol–water partition coefficient (Wildman–Crippen LogP) is 3.12. The molecule has 0 fully saturated rings. The zero-order valence-electron chi connectivity index (χ0n) is 11.9. The van der Waals surface area contributed by atoms with E-state index in [-0.39, 0.29) is 0 Å². The SMILES string of the molecule is CCc1cnccc1-c1nc(C)c(C(C)C)c(N)n1. The minimum Gasteiger partial charge on any atom is -0.383 e. The topological polar surface area (TPSA) is 64.7 Å². The van der Waals surface area contributed by atoms with Crippen molar-refractivity contribution < 1.29 is 0 Å². The molecule has 0 unspecified atom stereocenters. The van der Waals surface area contributed by atoms with Crippen LogP contribution in [0.4, 0.5) is 5.82 Å². The molecule has 2 rings (SSSR count). The standard InChI is InChI=1S/C15H20N4/c1-5-11-8-17-7-6-12(11)15-18-10(4)13(9(2)3)14(16)19-15/h6-9H,5H2,1-4H3,(H2,16,18,19). The Hall–Kier alpha value is -1.97. The lowest BCUT2D eigenvalue weighted by Gasteiger charge is -2.14. The molecule has 0 aliphatic rings. The summed E-state index contributed by atoms with van der Waals surface area (Å²) in [5.74, 6) is 1.60. The minimum absolute atomic E-state index is 0.331. The van der Waals surface area contributed by atoms with E-state index in [2.05, 4.69) is 35.7 Å². The second kappa shape index (κ2) is 5.34. The number of hydrogen-bond donors (Lipinski definition) is 1. The molecule has 0 saturated heterocycles. The van der Waals surface area contributed by atoms with Crippen LogP contribution in [0.15, 0.2) is 18.5 Å². The molecule has 2 aromatic rings. The smallest absolute Gasteiger partial charge is 0.162 e. The average Bonchev–Trinajstić information content (AvgIpc) is 2.37. The molecular weight excluding hydrogens is 236 g/mol. The Morgan fingerprint density at radius 3 is 2.58 bits per heavy atom. The Morgan fingerprint density at radius 2 is 2.00 bits per heavy atom. The second-order valence-electron chi connectivity index (χ2n) is 4.97. The fourth-order valence-corrected chi connectivity index (χ4v) is 2.36. The number of hydrogen-bond acceptors (Lipinski definition) is 4. The number of aryl methyl sites for hydroxylation is 2. The van der Waals surface area contributed by atoms with Gasteiger partial charge in [-0.3, -0.25) is 4.98 Å². The highest BCUT2D eigenvalue weighted by molar-refractivity contribution is 5.62. The first-order valence-corrected chi connectivity index (χ1v) is 6.61.